The molecule has 1 N–H and O–H groups in total. The Morgan fingerprint density at radius 1 is 1.62 bits per heavy atom. The molecule has 0 aliphatic rings. The normalized spacial score (nSPS) is 12.5. The SMILES string of the molecule is CC(=O)NC(C)Cc1ccc(C)s1. The number of amides is 1. The van der Waals surface area contributed by atoms with Gasteiger partial charge in [-0.2, -0.15) is 0 Å². The lowest BCUT2D eigenvalue weighted by molar-refractivity contribution is -0.119. The third-order valence-corrected chi connectivity index (χ3v) is 2.78. The molecular formula is C10H15NOS. The topological polar surface area (TPSA) is 29.1 Å². The number of hydrogen-bond acceptors (Lipinski definition) is 2. The van der Waals surface area contributed by atoms with Crippen molar-refractivity contribution in [2.45, 2.75) is 33.2 Å². The van der Waals surface area contributed by atoms with Crippen molar-refractivity contribution >= 4 is 17.2 Å². The minimum Gasteiger partial charge on any atom is -0.354 e. The van der Waals surface area contributed by atoms with Gasteiger partial charge in [-0.25, -0.2) is 0 Å². The predicted molar refractivity (Wildman–Crippen MR) is 56.0 cm³/mol. The fourth-order valence-electron chi connectivity index (χ4n) is 1.29. The molecule has 0 aliphatic carbocycles. The largest absolute Gasteiger partial charge is 0.354 e. The first-order valence-corrected chi connectivity index (χ1v) is 5.22. The third-order valence-electron chi connectivity index (χ3n) is 1.75. The van der Waals surface area contributed by atoms with Crippen LogP contribution in [0.25, 0.3) is 0 Å². The number of hydrogen-bond donors (Lipinski definition) is 1. The van der Waals surface area contributed by atoms with E-state index < -0.39 is 0 Å². The molecule has 0 saturated carbocycles. The highest BCUT2D eigenvalue weighted by molar-refractivity contribution is 7.11. The molecule has 1 unspecified atom stereocenters. The number of aryl methyl sites for hydroxylation is 1. The van der Waals surface area contributed by atoms with Crippen LogP contribution in [0.3, 0.4) is 0 Å². The Balaban J connectivity index is 2.44. The van der Waals surface area contributed by atoms with Crippen molar-refractivity contribution in [2.24, 2.45) is 0 Å². The summed E-state index contributed by atoms with van der Waals surface area (Å²) in [6.45, 7) is 5.67. The summed E-state index contributed by atoms with van der Waals surface area (Å²) in [5.74, 6) is 0.0424. The number of rotatable bonds is 3. The molecule has 0 aromatic carbocycles. The van der Waals surface area contributed by atoms with Crippen molar-refractivity contribution in [3.8, 4) is 0 Å². The van der Waals surface area contributed by atoms with Gasteiger partial charge in [0.05, 0.1) is 0 Å². The quantitative estimate of drug-likeness (QED) is 0.790. The van der Waals surface area contributed by atoms with Crippen molar-refractivity contribution in [2.75, 3.05) is 0 Å². The fourth-order valence-corrected chi connectivity index (χ4v) is 2.31. The Bertz CT molecular complexity index is 293. The summed E-state index contributed by atoms with van der Waals surface area (Å²) in [5.41, 5.74) is 0. The smallest absolute Gasteiger partial charge is 0.217 e. The van der Waals surface area contributed by atoms with Crippen LogP contribution in [0, 0.1) is 6.92 Å². The molecule has 0 bridgehead atoms. The Hall–Kier alpha value is -0.830. The molecule has 1 rings (SSSR count). The molecule has 0 radical (unpaired) electrons. The maximum absolute atomic E-state index is 10.7. The minimum atomic E-state index is 0.0424. The zero-order valence-electron chi connectivity index (χ0n) is 8.26. The van der Waals surface area contributed by atoms with E-state index in [0.717, 1.165) is 6.42 Å². The summed E-state index contributed by atoms with van der Waals surface area (Å²) in [6, 6.07) is 4.47. The van der Waals surface area contributed by atoms with Crippen molar-refractivity contribution in [3.05, 3.63) is 21.9 Å². The molecule has 1 aromatic heterocycles. The van der Waals surface area contributed by atoms with Gasteiger partial charge in [0, 0.05) is 29.1 Å². The molecule has 72 valence electrons. The zero-order valence-corrected chi connectivity index (χ0v) is 9.07. The van der Waals surface area contributed by atoms with Gasteiger partial charge in [0.15, 0.2) is 0 Å². The average molecular weight is 197 g/mol. The van der Waals surface area contributed by atoms with Crippen LogP contribution in [0.15, 0.2) is 12.1 Å². The molecule has 1 atom stereocenters. The number of carbonyl (C=O) groups excluding carboxylic acids is 1. The number of thiophene rings is 1. The highest BCUT2D eigenvalue weighted by Crippen LogP contribution is 2.16. The van der Waals surface area contributed by atoms with Crippen molar-refractivity contribution in [1.29, 1.82) is 0 Å². The van der Waals surface area contributed by atoms with Gasteiger partial charge in [0.1, 0.15) is 0 Å². The number of nitrogens with one attached hydrogen (secondary N) is 1. The molecule has 1 amide bonds. The zero-order chi connectivity index (χ0) is 9.84. The summed E-state index contributed by atoms with van der Waals surface area (Å²) in [4.78, 5) is 13.4. The fraction of sp³-hybridized carbons (Fsp3) is 0.500. The maximum Gasteiger partial charge on any atom is 0.217 e. The second-order valence-corrected chi connectivity index (χ2v) is 4.69. The lowest BCUT2D eigenvalue weighted by Crippen LogP contribution is -2.31. The van der Waals surface area contributed by atoms with E-state index in [0.29, 0.717) is 0 Å². The van der Waals surface area contributed by atoms with E-state index in [1.807, 2.05) is 6.92 Å². The van der Waals surface area contributed by atoms with Gasteiger partial charge in [-0.05, 0) is 26.0 Å². The van der Waals surface area contributed by atoms with Crippen LogP contribution in [0.1, 0.15) is 23.6 Å². The molecule has 1 aromatic rings. The van der Waals surface area contributed by atoms with Gasteiger partial charge >= 0.3 is 0 Å². The molecule has 0 saturated heterocycles. The van der Waals surface area contributed by atoms with Gasteiger partial charge in [-0.15, -0.1) is 11.3 Å². The summed E-state index contributed by atoms with van der Waals surface area (Å²) in [6.07, 6.45) is 0.929. The molecule has 2 nitrogen and oxygen atoms in total. The summed E-state index contributed by atoms with van der Waals surface area (Å²) in [7, 11) is 0. The van der Waals surface area contributed by atoms with E-state index in [4.69, 9.17) is 0 Å². The van der Waals surface area contributed by atoms with Crippen LogP contribution in [-0.4, -0.2) is 11.9 Å². The molecule has 1 heterocycles. The van der Waals surface area contributed by atoms with Crippen LogP contribution in [0.2, 0.25) is 0 Å². The third kappa shape index (κ3) is 3.59. The summed E-state index contributed by atoms with van der Waals surface area (Å²) < 4.78 is 0. The first-order valence-electron chi connectivity index (χ1n) is 4.40. The van der Waals surface area contributed by atoms with E-state index in [-0.39, 0.29) is 11.9 Å². The predicted octanol–water partition coefficient (Wildman–Crippen LogP) is 2.12. The Morgan fingerprint density at radius 2 is 2.31 bits per heavy atom. The van der Waals surface area contributed by atoms with E-state index in [1.54, 1.807) is 18.3 Å². The van der Waals surface area contributed by atoms with Gasteiger partial charge in [-0.3, -0.25) is 4.79 Å². The van der Waals surface area contributed by atoms with Gasteiger partial charge in [-0.1, -0.05) is 0 Å². The minimum absolute atomic E-state index is 0.0424. The van der Waals surface area contributed by atoms with Gasteiger partial charge in [0.25, 0.3) is 0 Å². The van der Waals surface area contributed by atoms with Gasteiger partial charge in [0.2, 0.25) is 5.91 Å². The number of carbonyl (C=O) groups is 1. The van der Waals surface area contributed by atoms with Gasteiger partial charge < -0.3 is 5.32 Å². The molecule has 0 spiro atoms. The second-order valence-electron chi connectivity index (χ2n) is 3.32. The summed E-state index contributed by atoms with van der Waals surface area (Å²) in [5, 5.41) is 2.87. The lowest BCUT2D eigenvalue weighted by atomic mass is 10.2. The highest BCUT2D eigenvalue weighted by Gasteiger charge is 2.05. The molecule has 3 heteroatoms. The second kappa shape index (κ2) is 4.42. The Kier molecular flexibility index (Phi) is 3.48. The van der Waals surface area contributed by atoms with E-state index in [9.17, 15) is 4.79 Å². The van der Waals surface area contributed by atoms with Crippen molar-refractivity contribution in [3.63, 3.8) is 0 Å². The molecular weight excluding hydrogens is 182 g/mol. The van der Waals surface area contributed by atoms with Crippen LogP contribution in [0.4, 0.5) is 0 Å². The average Bonchev–Trinajstić information content (AvgIpc) is 2.33. The first-order chi connectivity index (χ1) is 6.08. The highest BCUT2D eigenvalue weighted by atomic mass is 32.1. The Morgan fingerprint density at radius 3 is 2.77 bits per heavy atom. The first kappa shape index (κ1) is 10.3. The van der Waals surface area contributed by atoms with E-state index >= 15 is 0 Å². The van der Waals surface area contributed by atoms with Crippen LogP contribution >= 0.6 is 11.3 Å². The molecule has 0 fully saturated rings. The summed E-state index contributed by atoms with van der Waals surface area (Å²) >= 11 is 1.79. The standard InChI is InChI=1S/C10H15NOS/c1-7(11-9(3)12)6-10-5-4-8(2)13-10/h4-5,7H,6H2,1-3H3,(H,11,12). The monoisotopic (exact) mass is 197 g/mol. The lowest BCUT2D eigenvalue weighted by Gasteiger charge is -2.10. The van der Waals surface area contributed by atoms with E-state index in [2.05, 4.69) is 24.4 Å². The maximum atomic E-state index is 10.7. The molecule has 0 aliphatic heterocycles. The van der Waals surface area contributed by atoms with E-state index in [1.165, 1.54) is 9.75 Å². The Labute approximate surface area is 83.0 Å². The van der Waals surface area contributed by atoms with Crippen molar-refractivity contribution < 1.29 is 4.79 Å². The van der Waals surface area contributed by atoms with Crippen LogP contribution < -0.4 is 5.32 Å². The molecule has 13 heavy (non-hydrogen) atoms. The van der Waals surface area contributed by atoms with Crippen molar-refractivity contribution in [1.82, 2.24) is 5.32 Å². The van der Waals surface area contributed by atoms with Crippen LogP contribution in [0.5, 0.6) is 0 Å². The van der Waals surface area contributed by atoms with Crippen LogP contribution in [-0.2, 0) is 11.2 Å².